The maximum absolute atomic E-state index is 13.4. The largest absolute Gasteiger partial charge is 0.495 e. The zero-order chi connectivity index (χ0) is 23.3. The Hall–Kier alpha value is -2.29. The minimum atomic E-state index is -4.06. The Morgan fingerprint density at radius 1 is 0.938 bits per heavy atom. The molecule has 3 rings (SSSR count). The van der Waals surface area contributed by atoms with Crippen LogP contribution in [0.4, 0.5) is 5.69 Å². The van der Waals surface area contributed by atoms with Crippen molar-refractivity contribution >= 4 is 56.4 Å². The fourth-order valence-electron chi connectivity index (χ4n) is 2.90. The van der Waals surface area contributed by atoms with E-state index < -0.39 is 22.5 Å². The van der Waals surface area contributed by atoms with Gasteiger partial charge in [0.1, 0.15) is 5.75 Å². The maximum Gasteiger partial charge on any atom is 0.243 e. The summed E-state index contributed by atoms with van der Waals surface area (Å²) in [4.78, 5) is 12.7. The van der Waals surface area contributed by atoms with E-state index in [0.717, 1.165) is 9.87 Å². The summed E-state index contributed by atoms with van der Waals surface area (Å²) in [6, 6.07) is 17.7. The van der Waals surface area contributed by atoms with Crippen LogP contribution < -0.4 is 10.1 Å². The van der Waals surface area contributed by atoms with Crippen molar-refractivity contribution in [2.45, 2.75) is 11.4 Å². The van der Waals surface area contributed by atoms with Crippen molar-refractivity contribution in [3.63, 3.8) is 0 Å². The Bertz CT molecular complexity index is 1220. The lowest BCUT2D eigenvalue weighted by Gasteiger charge is -2.22. The number of carbonyl (C=O) groups is 1. The molecule has 168 valence electrons. The second-order valence-corrected chi connectivity index (χ2v) is 9.89. The number of nitrogens with zero attached hydrogens (tertiary/aromatic N) is 1. The average Bonchev–Trinajstić information content (AvgIpc) is 2.76. The summed E-state index contributed by atoms with van der Waals surface area (Å²) in [7, 11) is -2.63. The maximum atomic E-state index is 13.4. The summed E-state index contributed by atoms with van der Waals surface area (Å²) < 4.78 is 32.9. The molecule has 0 radical (unpaired) electrons. The molecule has 3 aromatic rings. The molecule has 0 heterocycles. The first-order valence-corrected chi connectivity index (χ1v) is 11.9. The van der Waals surface area contributed by atoms with E-state index in [1.807, 2.05) is 6.07 Å². The van der Waals surface area contributed by atoms with Crippen LogP contribution in [0.5, 0.6) is 5.75 Å². The summed E-state index contributed by atoms with van der Waals surface area (Å²) in [5, 5.41) is 3.40. The molecular formula is C22H19Cl3N2O4S. The van der Waals surface area contributed by atoms with Crippen LogP contribution in [-0.4, -0.2) is 32.3 Å². The fraction of sp³-hybridized carbons (Fsp3) is 0.136. The van der Waals surface area contributed by atoms with Gasteiger partial charge in [-0.15, -0.1) is 0 Å². The van der Waals surface area contributed by atoms with Gasteiger partial charge in [0.05, 0.1) is 33.6 Å². The van der Waals surface area contributed by atoms with Crippen LogP contribution in [0, 0.1) is 0 Å². The number of rotatable bonds is 8. The van der Waals surface area contributed by atoms with Gasteiger partial charge in [0.25, 0.3) is 0 Å². The van der Waals surface area contributed by atoms with Gasteiger partial charge in [0.2, 0.25) is 15.9 Å². The molecule has 10 heteroatoms. The zero-order valence-corrected chi connectivity index (χ0v) is 20.0. The van der Waals surface area contributed by atoms with Crippen LogP contribution in [0.15, 0.2) is 71.6 Å². The second kappa shape index (κ2) is 10.6. The Morgan fingerprint density at radius 3 is 2.28 bits per heavy atom. The monoisotopic (exact) mass is 512 g/mol. The fourth-order valence-corrected chi connectivity index (χ4v) is 4.94. The SMILES string of the molecule is COc1ccc(S(=O)(=O)N(CC(=O)Nc2ccc(Cl)c(Cl)c2)Cc2ccccc2)cc1Cl. The summed E-state index contributed by atoms with van der Waals surface area (Å²) in [6.45, 7) is -0.442. The van der Waals surface area contributed by atoms with Crippen LogP contribution in [-0.2, 0) is 21.4 Å². The molecule has 0 saturated heterocycles. The first kappa shape index (κ1) is 24.4. The van der Waals surface area contributed by atoms with E-state index in [1.165, 1.54) is 37.4 Å². The van der Waals surface area contributed by atoms with Crippen molar-refractivity contribution in [1.29, 1.82) is 0 Å². The van der Waals surface area contributed by atoms with E-state index in [1.54, 1.807) is 30.3 Å². The van der Waals surface area contributed by atoms with E-state index in [0.29, 0.717) is 16.5 Å². The number of ether oxygens (including phenoxy) is 1. The highest BCUT2D eigenvalue weighted by Gasteiger charge is 2.28. The molecule has 0 spiro atoms. The predicted octanol–water partition coefficient (Wildman–Crippen LogP) is 5.49. The third kappa shape index (κ3) is 5.94. The Morgan fingerprint density at radius 2 is 1.66 bits per heavy atom. The Labute approximate surface area is 201 Å². The number of methoxy groups -OCH3 is 1. The average molecular weight is 514 g/mol. The number of hydrogen-bond donors (Lipinski definition) is 1. The molecule has 1 N–H and O–H groups in total. The molecule has 0 aliphatic carbocycles. The lowest BCUT2D eigenvalue weighted by molar-refractivity contribution is -0.116. The molecule has 0 bridgehead atoms. The van der Waals surface area contributed by atoms with E-state index in [2.05, 4.69) is 5.32 Å². The molecule has 1 amide bonds. The normalized spacial score (nSPS) is 11.4. The third-order valence-corrected chi connectivity index (χ3v) is 7.31. The van der Waals surface area contributed by atoms with Gasteiger partial charge in [0.15, 0.2) is 0 Å². The first-order chi connectivity index (χ1) is 15.2. The highest BCUT2D eigenvalue weighted by Crippen LogP contribution is 2.29. The topological polar surface area (TPSA) is 75.7 Å². The van der Waals surface area contributed by atoms with E-state index >= 15 is 0 Å². The molecule has 0 aliphatic rings. The number of halogens is 3. The molecule has 0 unspecified atom stereocenters. The van der Waals surface area contributed by atoms with E-state index in [9.17, 15) is 13.2 Å². The number of sulfonamides is 1. The molecule has 0 aliphatic heterocycles. The summed E-state index contributed by atoms with van der Waals surface area (Å²) >= 11 is 18.0. The van der Waals surface area contributed by atoms with Crippen LogP contribution in [0.25, 0.3) is 0 Å². The van der Waals surface area contributed by atoms with Gasteiger partial charge >= 0.3 is 0 Å². The number of carbonyl (C=O) groups excluding carboxylic acids is 1. The van der Waals surface area contributed by atoms with Crippen molar-refractivity contribution in [2.24, 2.45) is 0 Å². The zero-order valence-electron chi connectivity index (χ0n) is 16.9. The molecule has 0 atom stereocenters. The molecule has 3 aromatic carbocycles. The van der Waals surface area contributed by atoms with Gasteiger partial charge < -0.3 is 10.1 Å². The van der Waals surface area contributed by atoms with Gasteiger partial charge in [-0.3, -0.25) is 4.79 Å². The van der Waals surface area contributed by atoms with E-state index in [-0.39, 0.29) is 21.5 Å². The standard InChI is InChI=1S/C22H19Cl3N2O4S/c1-31-21-10-8-17(12-20(21)25)32(29,30)27(13-15-5-3-2-4-6-15)14-22(28)26-16-7-9-18(23)19(24)11-16/h2-12H,13-14H2,1H3,(H,26,28). The third-order valence-electron chi connectivity index (χ3n) is 4.49. The van der Waals surface area contributed by atoms with Crippen LogP contribution in [0.1, 0.15) is 5.56 Å². The lowest BCUT2D eigenvalue weighted by Crippen LogP contribution is -2.37. The quantitative estimate of drug-likeness (QED) is 0.432. The predicted molar refractivity (Wildman–Crippen MR) is 127 cm³/mol. The van der Waals surface area contributed by atoms with E-state index in [4.69, 9.17) is 39.5 Å². The molecule has 6 nitrogen and oxygen atoms in total. The van der Waals surface area contributed by atoms with Gasteiger partial charge in [-0.2, -0.15) is 4.31 Å². The van der Waals surface area contributed by atoms with Crippen molar-refractivity contribution < 1.29 is 17.9 Å². The van der Waals surface area contributed by atoms with Crippen molar-refractivity contribution in [3.05, 3.63) is 87.4 Å². The molecule has 32 heavy (non-hydrogen) atoms. The molecule has 0 fully saturated rings. The van der Waals surface area contributed by atoms with Crippen molar-refractivity contribution in [1.82, 2.24) is 4.31 Å². The minimum absolute atomic E-state index is 0.0123. The summed E-state index contributed by atoms with van der Waals surface area (Å²) in [6.07, 6.45) is 0. The Balaban J connectivity index is 1.89. The van der Waals surface area contributed by atoms with Gasteiger partial charge in [-0.05, 0) is 42.0 Å². The van der Waals surface area contributed by atoms with Crippen molar-refractivity contribution in [2.75, 3.05) is 19.0 Å². The smallest absolute Gasteiger partial charge is 0.243 e. The summed E-state index contributed by atoms with van der Waals surface area (Å²) in [5.41, 5.74) is 1.12. The molecule has 0 aromatic heterocycles. The van der Waals surface area contributed by atoms with Gasteiger partial charge in [-0.1, -0.05) is 65.1 Å². The van der Waals surface area contributed by atoms with Crippen molar-refractivity contribution in [3.8, 4) is 5.75 Å². The van der Waals surface area contributed by atoms with Gasteiger partial charge in [-0.25, -0.2) is 8.42 Å². The highest BCUT2D eigenvalue weighted by molar-refractivity contribution is 7.89. The minimum Gasteiger partial charge on any atom is -0.495 e. The highest BCUT2D eigenvalue weighted by atomic mass is 35.5. The number of amides is 1. The summed E-state index contributed by atoms with van der Waals surface area (Å²) in [5.74, 6) is -0.194. The van der Waals surface area contributed by atoms with Crippen LogP contribution in [0.3, 0.4) is 0 Å². The van der Waals surface area contributed by atoms with Crippen LogP contribution >= 0.6 is 34.8 Å². The first-order valence-electron chi connectivity index (χ1n) is 9.33. The Kier molecular flexibility index (Phi) is 8.03. The number of nitrogens with one attached hydrogen (secondary N) is 1. The van der Waals surface area contributed by atoms with Crippen LogP contribution in [0.2, 0.25) is 15.1 Å². The number of hydrogen-bond acceptors (Lipinski definition) is 4. The molecular weight excluding hydrogens is 495 g/mol. The lowest BCUT2D eigenvalue weighted by atomic mass is 10.2. The second-order valence-electron chi connectivity index (χ2n) is 6.73. The number of anilines is 1. The molecule has 0 saturated carbocycles. The van der Waals surface area contributed by atoms with Gasteiger partial charge in [0, 0.05) is 12.2 Å². The number of benzene rings is 3.